The second-order valence-corrected chi connectivity index (χ2v) is 8.13. The van der Waals surface area contributed by atoms with E-state index in [-0.39, 0.29) is 18.6 Å². The Hall–Kier alpha value is -3.28. The molecule has 0 N–H and O–H groups in total. The molecule has 0 fully saturated rings. The van der Waals surface area contributed by atoms with Crippen LogP contribution in [0.3, 0.4) is 0 Å². The summed E-state index contributed by atoms with van der Waals surface area (Å²) in [7, 11) is 0. The number of rotatable bonds is 11. The Bertz CT molecular complexity index is 1030. The van der Waals surface area contributed by atoms with Crippen molar-refractivity contribution in [3.05, 3.63) is 90.0 Å². The van der Waals surface area contributed by atoms with E-state index in [1.807, 2.05) is 61.5 Å². The highest BCUT2D eigenvalue weighted by Crippen LogP contribution is 2.30. The number of para-hydroxylation sites is 1. The maximum Gasteiger partial charge on any atom is 0.425 e. The number of carbonyl (C=O) groups excluding carboxylic acids is 1. The molecule has 3 aromatic carbocycles. The van der Waals surface area contributed by atoms with Crippen molar-refractivity contribution in [2.45, 2.75) is 57.9 Å². The summed E-state index contributed by atoms with van der Waals surface area (Å²) in [5, 5.41) is 0. The number of unbranched alkanes of at least 4 members (excludes halogenated alkanes) is 3. The fraction of sp³-hybridized carbons (Fsp3) is 0.321. The van der Waals surface area contributed by atoms with E-state index in [9.17, 15) is 18.0 Å². The lowest BCUT2D eigenvalue weighted by molar-refractivity contribution is -0.206. The van der Waals surface area contributed by atoms with Crippen molar-refractivity contribution in [2.24, 2.45) is 0 Å². The van der Waals surface area contributed by atoms with Crippen LogP contribution in [-0.4, -0.2) is 18.2 Å². The zero-order valence-electron chi connectivity index (χ0n) is 19.2. The SMILES string of the molecule is CCCCCCC(OC(=O)c1ccc(COc2ccccc2-c2ccccc2)cc1)C(F)(F)F. The molecule has 0 radical (unpaired) electrons. The van der Waals surface area contributed by atoms with Crippen LogP contribution >= 0.6 is 0 Å². The molecule has 0 aliphatic rings. The standard InChI is InChI=1S/C28H29F3O3/c1-2-3-4-8-15-26(28(29,30)31)34-27(32)23-18-16-21(17-19-23)20-33-25-14-10-9-13-24(25)22-11-6-5-7-12-22/h5-7,9-14,16-19,26H,2-4,8,15,20H2,1H3. The van der Waals surface area contributed by atoms with Crippen molar-refractivity contribution in [2.75, 3.05) is 0 Å². The Kier molecular flexibility index (Phi) is 9.14. The summed E-state index contributed by atoms with van der Waals surface area (Å²) in [5.74, 6) is -0.256. The lowest BCUT2D eigenvalue weighted by Gasteiger charge is -2.20. The minimum Gasteiger partial charge on any atom is -0.488 e. The average Bonchev–Trinajstić information content (AvgIpc) is 2.85. The number of hydrogen-bond acceptors (Lipinski definition) is 3. The van der Waals surface area contributed by atoms with E-state index in [4.69, 9.17) is 9.47 Å². The molecule has 3 rings (SSSR count). The summed E-state index contributed by atoms with van der Waals surface area (Å²) >= 11 is 0. The van der Waals surface area contributed by atoms with Gasteiger partial charge in [-0.1, -0.05) is 86.8 Å². The third-order valence-electron chi connectivity index (χ3n) is 5.49. The Morgan fingerprint density at radius 2 is 1.53 bits per heavy atom. The fourth-order valence-electron chi connectivity index (χ4n) is 3.59. The summed E-state index contributed by atoms with van der Waals surface area (Å²) in [6.45, 7) is 2.24. The van der Waals surface area contributed by atoms with Crippen molar-refractivity contribution in [1.29, 1.82) is 0 Å². The van der Waals surface area contributed by atoms with Gasteiger partial charge in [0.05, 0.1) is 5.56 Å². The second kappa shape index (κ2) is 12.3. The number of alkyl halides is 3. The molecule has 0 bridgehead atoms. The molecule has 1 atom stereocenters. The lowest BCUT2D eigenvalue weighted by atomic mass is 10.0. The van der Waals surface area contributed by atoms with Gasteiger partial charge >= 0.3 is 12.1 Å². The predicted octanol–water partition coefficient (Wildman–Crippen LogP) is 7.99. The van der Waals surface area contributed by atoms with Gasteiger partial charge < -0.3 is 9.47 Å². The number of esters is 1. The van der Waals surface area contributed by atoms with E-state index in [0.717, 1.165) is 29.5 Å². The predicted molar refractivity (Wildman–Crippen MR) is 127 cm³/mol. The van der Waals surface area contributed by atoms with E-state index in [0.29, 0.717) is 18.6 Å². The van der Waals surface area contributed by atoms with Crippen molar-refractivity contribution in [3.63, 3.8) is 0 Å². The largest absolute Gasteiger partial charge is 0.488 e. The maximum atomic E-state index is 13.3. The van der Waals surface area contributed by atoms with Gasteiger partial charge in [0.15, 0.2) is 6.10 Å². The highest BCUT2D eigenvalue weighted by molar-refractivity contribution is 5.89. The summed E-state index contributed by atoms with van der Waals surface area (Å²) in [5.41, 5.74) is 2.85. The quantitative estimate of drug-likeness (QED) is 0.210. The second-order valence-electron chi connectivity index (χ2n) is 8.13. The summed E-state index contributed by atoms with van der Waals surface area (Å²) in [4.78, 5) is 12.3. The Labute approximate surface area is 198 Å². The normalized spacial score (nSPS) is 12.2. The Balaban J connectivity index is 1.60. The van der Waals surface area contributed by atoms with Crippen molar-refractivity contribution in [3.8, 4) is 16.9 Å². The Morgan fingerprint density at radius 3 is 2.21 bits per heavy atom. The first kappa shape index (κ1) is 25.3. The van der Waals surface area contributed by atoms with Gasteiger partial charge in [-0.05, 0) is 42.2 Å². The van der Waals surface area contributed by atoms with Gasteiger partial charge in [-0.25, -0.2) is 4.79 Å². The Morgan fingerprint density at radius 1 is 0.853 bits per heavy atom. The first-order valence-corrected chi connectivity index (χ1v) is 11.5. The van der Waals surface area contributed by atoms with E-state index in [1.54, 1.807) is 12.1 Å². The molecule has 3 aromatic rings. The van der Waals surface area contributed by atoms with Gasteiger partial charge in [0.2, 0.25) is 0 Å². The number of ether oxygens (including phenoxy) is 2. The maximum absolute atomic E-state index is 13.3. The van der Waals surface area contributed by atoms with Gasteiger partial charge in [0, 0.05) is 5.56 Å². The average molecular weight is 471 g/mol. The first-order valence-electron chi connectivity index (χ1n) is 11.5. The van der Waals surface area contributed by atoms with Gasteiger partial charge in [-0.3, -0.25) is 0 Å². The van der Waals surface area contributed by atoms with Crippen molar-refractivity contribution < 1.29 is 27.4 Å². The van der Waals surface area contributed by atoms with Gasteiger partial charge in [-0.15, -0.1) is 0 Å². The fourth-order valence-corrected chi connectivity index (χ4v) is 3.59. The molecule has 6 heteroatoms. The minimum atomic E-state index is -4.58. The number of carbonyl (C=O) groups is 1. The molecular formula is C28H29F3O3. The van der Waals surface area contributed by atoms with Crippen LogP contribution < -0.4 is 4.74 Å². The highest BCUT2D eigenvalue weighted by Gasteiger charge is 2.42. The monoisotopic (exact) mass is 470 g/mol. The number of benzene rings is 3. The lowest BCUT2D eigenvalue weighted by Crippen LogP contribution is -2.33. The van der Waals surface area contributed by atoms with E-state index >= 15 is 0 Å². The molecule has 0 saturated carbocycles. The highest BCUT2D eigenvalue weighted by atomic mass is 19.4. The van der Waals surface area contributed by atoms with Crippen LogP contribution in [0.1, 0.15) is 54.9 Å². The van der Waals surface area contributed by atoms with Crippen LogP contribution in [0.25, 0.3) is 11.1 Å². The van der Waals surface area contributed by atoms with Crippen molar-refractivity contribution in [1.82, 2.24) is 0 Å². The molecule has 0 spiro atoms. The number of hydrogen-bond donors (Lipinski definition) is 0. The molecule has 1 unspecified atom stereocenters. The molecule has 0 amide bonds. The zero-order chi connectivity index (χ0) is 24.4. The van der Waals surface area contributed by atoms with Gasteiger partial charge in [0.1, 0.15) is 12.4 Å². The van der Waals surface area contributed by atoms with Crippen LogP contribution in [0.5, 0.6) is 5.75 Å². The van der Waals surface area contributed by atoms with Crippen LogP contribution in [0, 0.1) is 0 Å². The molecule has 34 heavy (non-hydrogen) atoms. The zero-order valence-corrected chi connectivity index (χ0v) is 19.2. The van der Waals surface area contributed by atoms with Crippen LogP contribution in [0.2, 0.25) is 0 Å². The minimum absolute atomic E-state index is 0.0799. The molecular weight excluding hydrogens is 441 g/mol. The molecule has 0 heterocycles. The molecule has 0 aliphatic heterocycles. The molecule has 0 aromatic heterocycles. The number of halogens is 3. The molecule has 0 aliphatic carbocycles. The smallest absolute Gasteiger partial charge is 0.425 e. The van der Waals surface area contributed by atoms with Crippen molar-refractivity contribution >= 4 is 5.97 Å². The molecule has 3 nitrogen and oxygen atoms in total. The first-order chi connectivity index (χ1) is 16.4. The summed E-state index contributed by atoms with van der Waals surface area (Å²) in [6, 6.07) is 23.8. The van der Waals surface area contributed by atoms with E-state index in [1.165, 1.54) is 12.1 Å². The summed E-state index contributed by atoms with van der Waals surface area (Å²) in [6.07, 6.45) is -4.06. The van der Waals surface area contributed by atoms with Crippen LogP contribution in [0.15, 0.2) is 78.9 Å². The van der Waals surface area contributed by atoms with E-state index in [2.05, 4.69) is 0 Å². The third kappa shape index (κ3) is 7.37. The van der Waals surface area contributed by atoms with Gasteiger partial charge in [-0.2, -0.15) is 13.2 Å². The van der Waals surface area contributed by atoms with Crippen LogP contribution in [-0.2, 0) is 11.3 Å². The summed E-state index contributed by atoms with van der Waals surface area (Å²) < 4.78 is 50.7. The van der Waals surface area contributed by atoms with Crippen LogP contribution in [0.4, 0.5) is 13.2 Å². The topological polar surface area (TPSA) is 35.5 Å². The molecule has 0 saturated heterocycles. The third-order valence-corrected chi connectivity index (χ3v) is 5.49. The van der Waals surface area contributed by atoms with Gasteiger partial charge in [0.25, 0.3) is 0 Å². The van der Waals surface area contributed by atoms with E-state index < -0.39 is 18.2 Å². The molecule has 180 valence electrons.